The zero-order valence-corrected chi connectivity index (χ0v) is 12.5. The number of anilines is 1. The van der Waals surface area contributed by atoms with Crippen LogP contribution in [-0.4, -0.2) is 35.5 Å². The molecule has 0 spiro atoms. The van der Waals surface area contributed by atoms with Crippen LogP contribution in [0.4, 0.5) is 11.4 Å². The van der Waals surface area contributed by atoms with Gasteiger partial charge in [-0.1, -0.05) is 6.92 Å². The lowest BCUT2D eigenvalue weighted by Gasteiger charge is -2.32. The maximum Gasteiger partial charge on any atom is 0.292 e. The predicted octanol–water partition coefficient (Wildman–Crippen LogP) is 3.11. The van der Waals surface area contributed by atoms with Crippen LogP contribution in [0.1, 0.15) is 30.9 Å². The second-order valence-corrected chi connectivity index (χ2v) is 5.56. The van der Waals surface area contributed by atoms with E-state index in [0.717, 1.165) is 43.6 Å². The third-order valence-electron chi connectivity index (χ3n) is 4.20. The molecule has 1 aromatic carbocycles. The zero-order valence-electron chi connectivity index (χ0n) is 12.5. The fourth-order valence-electron chi connectivity index (χ4n) is 2.68. The summed E-state index contributed by atoms with van der Waals surface area (Å²) in [5.74, 6) is 0. The van der Waals surface area contributed by atoms with Gasteiger partial charge in [0.1, 0.15) is 5.69 Å². The molecule has 0 aromatic heterocycles. The summed E-state index contributed by atoms with van der Waals surface area (Å²) in [5, 5.41) is 14.6. The average Bonchev–Trinajstić information content (AvgIpc) is 2.43. The smallest absolute Gasteiger partial charge is 0.292 e. The molecule has 1 aliphatic heterocycles. The highest BCUT2D eigenvalue weighted by Gasteiger charge is 2.22. The highest BCUT2D eigenvalue weighted by atomic mass is 16.6. The largest absolute Gasteiger partial charge is 0.377 e. The molecule has 2 rings (SSSR count). The summed E-state index contributed by atoms with van der Waals surface area (Å²) in [6.07, 6.45) is 2.08. The van der Waals surface area contributed by atoms with Gasteiger partial charge in [0.05, 0.1) is 4.92 Å². The molecule has 1 heterocycles. The van der Waals surface area contributed by atoms with Crippen molar-refractivity contribution in [1.82, 2.24) is 4.90 Å². The number of benzene rings is 1. The molecule has 0 aliphatic carbocycles. The van der Waals surface area contributed by atoms with Crippen molar-refractivity contribution in [1.29, 1.82) is 0 Å². The van der Waals surface area contributed by atoms with E-state index in [1.54, 1.807) is 6.07 Å². The van der Waals surface area contributed by atoms with Crippen molar-refractivity contribution < 1.29 is 4.92 Å². The van der Waals surface area contributed by atoms with E-state index < -0.39 is 0 Å². The van der Waals surface area contributed by atoms with Crippen LogP contribution in [-0.2, 0) is 0 Å². The molecule has 0 atom stereocenters. The van der Waals surface area contributed by atoms with Gasteiger partial charge in [-0.2, -0.15) is 0 Å². The molecule has 0 unspecified atom stereocenters. The van der Waals surface area contributed by atoms with Gasteiger partial charge in [0.15, 0.2) is 0 Å². The Kier molecular flexibility index (Phi) is 4.60. The van der Waals surface area contributed by atoms with E-state index in [9.17, 15) is 10.1 Å². The van der Waals surface area contributed by atoms with Crippen molar-refractivity contribution in [3.05, 3.63) is 33.4 Å². The number of nitro groups is 1. The van der Waals surface area contributed by atoms with Crippen LogP contribution in [0.5, 0.6) is 0 Å². The van der Waals surface area contributed by atoms with Crippen molar-refractivity contribution in [2.75, 3.05) is 25.0 Å². The first-order valence-corrected chi connectivity index (χ1v) is 7.25. The molecule has 1 fully saturated rings. The van der Waals surface area contributed by atoms with Gasteiger partial charge in [0, 0.05) is 25.2 Å². The quantitative estimate of drug-likeness (QED) is 0.678. The van der Waals surface area contributed by atoms with Crippen LogP contribution in [0.3, 0.4) is 0 Å². The minimum absolute atomic E-state index is 0.186. The molecule has 1 aliphatic rings. The Morgan fingerprint density at radius 2 is 1.90 bits per heavy atom. The third-order valence-corrected chi connectivity index (χ3v) is 4.20. The Hall–Kier alpha value is -1.62. The summed E-state index contributed by atoms with van der Waals surface area (Å²) < 4.78 is 0. The monoisotopic (exact) mass is 277 g/mol. The molecule has 1 aromatic rings. The highest BCUT2D eigenvalue weighted by Crippen LogP contribution is 2.29. The number of nitrogens with zero attached hydrogens (tertiary/aromatic N) is 2. The Balaban J connectivity index is 2.13. The predicted molar refractivity (Wildman–Crippen MR) is 81.3 cm³/mol. The Labute approximate surface area is 120 Å². The number of hydrogen-bond donors (Lipinski definition) is 1. The minimum Gasteiger partial charge on any atom is -0.377 e. The molecule has 0 radical (unpaired) electrons. The molecule has 0 amide bonds. The molecule has 1 saturated heterocycles. The molecular weight excluding hydrogens is 254 g/mol. The van der Waals surface area contributed by atoms with Gasteiger partial charge in [0.25, 0.3) is 5.69 Å². The van der Waals surface area contributed by atoms with Gasteiger partial charge in [-0.15, -0.1) is 0 Å². The van der Waals surface area contributed by atoms with Gasteiger partial charge in [-0.25, -0.2) is 0 Å². The van der Waals surface area contributed by atoms with Crippen LogP contribution in [0.25, 0.3) is 0 Å². The molecule has 110 valence electrons. The van der Waals surface area contributed by atoms with Crippen molar-refractivity contribution in [3.63, 3.8) is 0 Å². The van der Waals surface area contributed by atoms with Crippen molar-refractivity contribution in [2.24, 2.45) is 0 Å². The summed E-state index contributed by atoms with van der Waals surface area (Å²) in [7, 11) is 0. The van der Waals surface area contributed by atoms with Crippen molar-refractivity contribution in [3.8, 4) is 0 Å². The number of rotatable bonds is 4. The number of piperidine rings is 1. The Morgan fingerprint density at radius 3 is 2.45 bits per heavy atom. The van der Waals surface area contributed by atoms with E-state index in [4.69, 9.17) is 0 Å². The fourth-order valence-corrected chi connectivity index (χ4v) is 2.68. The number of nitrogens with one attached hydrogen (secondary N) is 1. The van der Waals surface area contributed by atoms with Gasteiger partial charge in [0.2, 0.25) is 0 Å². The fraction of sp³-hybridized carbons (Fsp3) is 0.600. The molecule has 1 N–H and O–H groups in total. The molecule has 5 heteroatoms. The summed E-state index contributed by atoms with van der Waals surface area (Å²) in [4.78, 5) is 13.3. The first kappa shape index (κ1) is 14.8. The lowest BCUT2D eigenvalue weighted by Crippen LogP contribution is -2.38. The first-order chi connectivity index (χ1) is 9.51. The summed E-state index contributed by atoms with van der Waals surface area (Å²) in [6.45, 7) is 9.27. The molecule has 0 bridgehead atoms. The zero-order chi connectivity index (χ0) is 14.7. The van der Waals surface area contributed by atoms with E-state index in [2.05, 4.69) is 17.1 Å². The molecular formula is C15H23N3O2. The maximum absolute atomic E-state index is 11.2. The van der Waals surface area contributed by atoms with Crippen LogP contribution in [0.15, 0.2) is 12.1 Å². The maximum atomic E-state index is 11.2. The summed E-state index contributed by atoms with van der Waals surface area (Å²) >= 11 is 0. The Morgan fingerprint density at radius 1 is 1.30 bits per heavy atom. The molecule has 5 nitrogen and oxygen atoms in total. The number of likely N-dealkylation sites (tertiary alicyclic amines) is 1. The number of hydrogen-bond acceptors (Lipinski definition) is 4. The normalized spacial score (nSPS) is 17.1. The van der Waals surface area contributed by atoms with E-state index in [0.29, 0.717) is 11.7 Å². The highest BCUT2D eigenvalue weighted by molar-refractivity contribution is 5.64. The van der Waals surface area contributed by atoms with Crippen LogP contribution >= 0.6 is 0 Å². The average molecular weight is 277 g/mol. The van der Waals surface area contributed by atoms with E-state index in [-0.39, 0.29) is 10.6 Å². The second-order valence-electron chi connectivity index (χ2n) is 5.56. The molecule has 0 saturated carbocycles. The first-order valence-electron chi connectivity index (χ1n) is 7.25. The lowest BCUT2D eigenvalue weighted by molar-refractivity contribution is -0.384. The summed E-state index contributed by atoms with van der Waals surface area (Å²) in [6, 6.07) is 3.90. The number of nitro benzene ring substituents is 1. The van der Waals surface area contributed by atoms with E-state index in [1.165, 1.54) is 0 Å². The van der Waals surface area contributed by atoms with E-state index >= 15 is 0 Å². The Bertz CT molecular complexity index is 494. The summed E-state index contributed by atoms with van der Waals surface area (Å²) in [5.41, 5.74) is 2.89. The minimum atomic E-state index is -0.296. The van der Waals surface area contributed by atoms with Crippen LogP contribution < -0.4 is 5.32 Å². The van der Waals surface area contributed by atoms with E-state index in [1.807, 2.05) is 19.9 Å². The van der Waals surface area contributed by atoms with Crippen molar-refractivity contribution >= 4 is 11.4 Å². The SMILES string of the molecule is CCN1CCC(Nc2cc(C)c(C)cc2[N+](=O)[O-])CC1. The number of aryl methyl sites for hydroxylation is 2. The third kappa shape index (κ3) is 3.28. The topological polar surface area (TPSA) is 58.4 Å². The van der Waals surface area contributed by atoms with Gasteiger partial charge in [-0.3, -0.25) is 10.1 Å². The molecule has 20 heavy (non-hydrogen) atoms. The van der Waals surface area contributed by atoms with Crippen molar-refractivity contribution in [2.45, 2.75) is 39.7 Å². The van der Waals surface area contributed by atoms with Gasteiger partial charge in [-0.05, 0) is 50.4 Å². The van der Waals surface area contributed by atoms with Crippen LogP contribution in [0.2, 0.25) is 0 Å². The standard InChI is InChI=1S/C15H23N3O2/c1-4-17-7-5-13(6-8-17)16-14-9-11(2)12(3)10-15(14)18(19)20/h9-10,13,16H,4-8H2,1-3H3. The van der Waals surface area contributed by atoms with Gasteiger partial charge < -0.3 is 10.2 Å². The second kappa shape index (κ2) is 6.22. The lowest BCUT2D eigenvalue weighted by atomic mass is 10.0. The van der Waals surface area contributed by atoms with Gasteiger partial charge >= 0.3 is 0 Å². The van der Waals surface area contributed by atoms with Crippen LogP contribution in [0, 0.1) is 24.0 Å².